The summed E-state index contributed by atoms with van der Waals surface area (Å²) in [5.74, 6) is -5.89. The average molecular weight is 329 g/mol. The topological polar surface area (TPSA) is 74.7 Å². The van der Waals surface area contributed by atoms with Crippen molar-refractivity contribution >= 4 is 35.6 Å². The van der Waals surface area contributed by atoms with Crippen molar-refractivity contribution in [3.05, 3.63) is 27.5 Å². The van der Waals surface area contributed by atoms with Gasteiger partial charge >= 0.3 is 11.9 Å². The number of rotatable bonds is 5. The summed E-state index contributed by atoms with van der Waals surface area (Å²) in [7, 11) is 0. The maximum Gasteiger partial charge on any atom is 0.346 e. The maximum atomic E-state index is 13.3. The van der Waals surface area contributed by atoms with Gasteiger partial charge in [0, 0.05) is 17.8 Å². The van der Waals surface area contributed by atoms with Crippen LogP contribution in [0.4, 0.5) is 8.78 Å². The average Bonchev–Trinajstić information content (AvgIpc) is 2.91. The lowest BCUT2D eigenvalue weighted by molar-refractivity contribution is -0.147. The summed E-state index contributed by atoms with van der Waals surface area (Å²) in [5, 5.41) is 8.95. The van der Waals surface area contributed by atoms with Gasteiger partial charge in [0.25, 0.3) is 5.91 Å². The van der Waals surface area contributed by atoms with Crippen LogP contribution in [0.5, 0.6) is 0 Å². The number of hydrogen-bond donors (Lipinski definition) is 1. The highest BCUT2D eigenvalue weighted by Gasteiger charge is 2.52. The molecule has 1 fully saturated rings. The van der Waals surface area contributed by atoms with Gasteiger partial charge in [-0.15, -0.1) is 11.3 Å². The second kappa shape index (κ2) is 5.96. The van der Waals surface area contributed by atoms with E-state index in [1.54, 1.807) is 19.1 Å². The standard InChI is InChI=1S/C14H13F2NO4S/c1-8-5-10(22-11(8)12(19)20)3-2-4-17-9(7-18)6-14(15,16)13(17)21/h2-3,5,7,9H,4,6H2,1H3,(H,19,20). The van der Waals surface area contributed by atoms with Crippen LogP contribution in [0.2, 0.25) is 0 Å². The minimum atomic E-state index is -3.50. The largest absolute Gasteiger partial charge is 0.477 e. The van der Waals surface area contributed by atoms with E-state index in [9.17, 15) is 23.2 Å². The van der Waals surface area contributed by atoms with E-state index in [1.165, 1.54) is 6.08 Å². The highest BCUT2D eigenvalue weighted by Crippen LogP contribution is 2.32. The number of alkyl halides is 2. The molecule has 1 aromatic rings. The Bertz CT molecular complexity index is 653. The summed E-state index contributed by atoms with van der Waals surface area (Å²) in [6, 6.07) is 0.522. The van der Waals surface area contributed by atoms with Gasteiger partial charge in [0.1, 0.15) is 11.2 Å². The molecule has 22 heavy (non-hydrogen) atoms. The molecule has 8 heteroatoms. The first-order valence-electron chi connectivity index (χ1n) is 6.40. The Morgan fingerprint density at radius 3 is 2.82 bits per heavy atom. The van der Waals surface area contributed by atoms with E-state index in [1.807, 2.05) is 0 Å². The van der Waals surface area contributed by atoms with Crippen molar-refractivity contribution in [2.75, 3.05) is 6.54 Å². The van der Waals surface area contributed by atoms with Crippen LogP contribution in [-0.2, 0) is 9.59 Å². The molecule has 0 aliphatic carbocycles. The van der Waals surface area contributed by atoms with Crippen molar-refractivity contribution < 1.29 is 28.3 Å². The first-order valence-corrected chi connectivity index (χ1v) is 7.22. The molecule has 2 rings (SSSR count). The second-order valence-corrected chi connectivity index (χ2v) is 6.02. The van der Waals surface area contributed by atoms with Crippen molar-refractivity contribution in [1.82, 2.24) is 4.90 Å². The van der Waals surface area contributed by atoms with E-state index in [4.69, 9.17) is 5.11 Å². The minimum Gasteiger partial charge on any atom is -0.477 e. The van der Waals surface area contributed by atoms with E-state index in [-0.39, 0.29) is 11.4 Å². The number of likely N-dealkylation sites (tertiary alicyclic amines) is 1. The molecule has 2 heterocycles. The smallest absolute Gasteiger partial charge is 0.346 e. The Morgan fingerprint density at radius 1 is 1.59 bits per heavy atom. The van der Waals surface area contributed by atoms with Crippen LogP contribution in [-0.4, -0.2) is 46.7 Å². The molecular formula is C14H13F2NO4S. The molecule has 1 aromatic heterocycles. The number of halogens is 2. The minimum absolute atomic E-state index is 0.128. The summed E-state index contributed by atoms with van der Waals surface area (Å²) in [6.45, 7) is 1.53. The molecule has 1 atom stereocenters. The summed E-state index contributed by atoms with van der Waals surface area (Å²) in [6.07, 6.45) is 2.55. The third-order valence-electron chi connectivity index (χ3n) is 3.31. The van der Waals surface area contributed by atoms with Gasteiger partial charge < -0.3 is 14.8 Å². The van der Waals surface area contributed by atoms with E-state index in [0.717, 1.165) is 16.2 Å². The molecule has 1 amide bonds. The van der Waals surface area contributed by atoms with Crippen LogP contribution in [0.15, 0.2) is 12.1 Å². The summed E-state index contributed by atoms with van der Waals surface area (Å²) in [4.78, 5) is 34.9. The number of carbonyl (C=O) groups is 3. The number of carbonyl (C=O) groups excluding carboxylic acids is 2. The van der Waals surface area contributed by atoms with Crippen molar-refractivity contribution in [1.29, 1.82) is 0 Å². The van der Waals surface area contributed by atoms with Crippen molar-refractivity contribution in [2.45, 2.75) is 25.3 Å². The van der Waals surface area contributed by atoms with E-state index in [2.05, 4.69) is 0 Å². The number of thiophene rings is 1. The van der Waals surface area contributed by atoms with Crippen molar-refractivity contribution in [2.24, 2.45) is 0 Å². The van der Waals surface area contributed by atoms with Gasteiger partial charge in [-0.25, -0.2) is 4.79 Å². The van der Waals surface area contributed by atoms with Gasteiger partial charge in [0.05, 0.1) is 6.04 Å². The lowest BCUT2D eigenvalue weighted by Crippen LogP contribution is -2.37. The molecular weight excluding hydrogens is 316 g/mol. The number of carboxylic acid groups (broad SMARTS) is 1. The van der Waals surface area contributed by atoms with E-state index >= 15 is 0 Å². The number of carboxylic acids is 1. The van der Waals surface area contributed by atoms with E-state index < -0.39 is 30.3 Å². The van der Waals surface area contributed by atoms with Crippen molar-refractivity contribution in [3.8, 4) is 0 Å². The lowest BCUT2D eigenvalue weighted by atomic mass is 10.2. The van der Waals surface area contributed by atoms with Crippen LogP contribution < -0.4 is 0 Å². The molecule has 1 aliphatic heterocycles. The molecule has 0 bridgehead atoms. The number of amides is 1. The predicted octanol–water partition coefficient (Wildman–Crippen LogP) is 2.20. The number of nitrogens with zero attached hydrogens (tertiary/aromatic N) is 1. The van der Waals surface area contributed by atoms with Crippen LogP contribution in [0.25, 0.3) is 6.08 Å². The molecule has 1 saturated heterocycles. The Balaban J connectivity index is 2.09. The molecule has 1 N–H and O–H groups in total. The molecule has 118 valence electrons. The van der Waals surface area contributed by atoms with Crippen LogP contribution >= 0.6 is 11.3 Å². The Kier molecular flexibility index (Phi) is 4.41. The zero-order valence-corrected chi connectivity index (χ0v) is 12.4. The highest BCUT2D eigenvalue weighted by molar-refractivity contribution is 7.15. The first-order chi connectivity index (χ1) is 10.3. The van der Waals surface area contributed by atoms with Crippen LogP contribution in [0, 0.1) is 6.92 Å². The monoisotopic (exact) mass is 329 g/mol. The van der Waals surface area contributed by atoms with Crippen LogP contribution in [0.3, 0.4) is 0 Å². The lowest BCUT2D eigenvalue weighted by Gasteiger charge is -2.17. The normalized spacial score (nSPS) is 20.8. The maximum absolute atomic E-state index is 13.3. The fraction of sp³-hybridized carbons (Fsp3) is 0.357. The SMILES string of the molecule is Cc1cc(C=CCN2C(=O)C(F)(F)CC2C=O)sc1C(=O)O. The second-order valence-electron chi connectivity index (χ2n) is 4.94. The number of hydrogen-bond acceptors (Lipinski definition) is 4. The fourth-order valence-corrected chi connectivity index (χ4v) is 3.19. The van der Waals surface area contributed by atoms with Crippen molar-refractivity contribution in [3.63, 3.8) is 0 Å². The molecule has 0 aromatic carbocycles. The summed E-state index contributed by atoms with van der Waals surface area (Å²) in [5.41, 5.74) is 0.603. The Morgan fingerprint density at radius 2 is 2.27 bits per heavy atom. The molecule has 0 radical (unpaired) electrons. The molecule has 0 saturated carbocycles. The molecule has 1 aliphatic rings. The van der Waals surface area contributed by atoms with Gasteiger partial charge in [-0.3, -0.25) is 4.79 Å². The quantitative estimate of drug-likeness (QED) is 0.841. The van der Waals surface area contributed by atoms with E-state index in [0.29, 0.717) is 16.7 Å². The van der Waals surface area contributed by atoms with Gasteiger partial charge in [0.15, 0.2) is 0 Å². The molecule has 5 nitrogen and oxygen atoms in total. The summed E-state index contributed by atoms with van der Waals surface area (Å²) < 4.78 is 26.6. The Hall–Kier alpha value is -2.09. The Labute approximate surface area is 128 Å². The molecule has 0 spiro atoms. The fourth-order valence-electron chi connectivity index (χ4n) is 2.24. The highest BCUT2D eigenvalue weighted by atomic mass is 32.1. The van der Waals surface area contributed by atoms with Gasteiger partial charge in [-0.05, 0) is 24.6 Å². The zero-order valence-electron chi connectivity index (χ0n) is 11.6. The van der Waals surface area contributed by atoms with Gasteiger partial charge in [-0.1, -0.05) is 6.08 Å². The van der Waals surface area contributed by atoms with Gasteiger partial charge in [-0.2, -0.15) is 8.78 Å². The summed E-state index contributed by atoms with van der Waals surface area (Å²) >= 11 is 1.05. The number of aldehydes is 1. The third-order valence-corrected chi connectivity index (χ3v) is 4.50. The zero-order chi connectivity index (χ0) is 16.5. The molecule has 1 unspecified atom stereocenters. The first kappa shape index (κ1) is 16.3. The van der Waals surface area contributed by atoms with Gasteiger partial charge in [0.2, 0.25) is 0 Å². The predicted molar refractivity (Wildman–Crippen MR) is 76.2 cm³/mol. The number of aryl methyl sites for hydroxylation is 1. The number of aromatic carboxylic acids is 1. The van der Waals surface area contributed by atoms with Crippen LogP contribution in [0.1, 0.15) is 26.5 Å². The third kappa shape index (κ3) is 3.06.